The molecule has 0 aliphatic rings. The Balaban J connectivity index is 3.05. The van der Waals surface area contributed by atoms with E-state index >= 15 is 0 Å². The lowest BCUT2D eigenvalue weighted by Gasteiger charge is -2.21. The van der Waals surface area contributed by atoms with Crippen LogP contribution in [0.25, 0.3) is 0 Å². The van der Waals surface area contributed by atoms with Crippen LogP contribution < -0.4 is 10.6 Å². The van der Waals surface area contributed by atoms with Crippen LogP contribution in [0.3, 0.4) is 0 Å². The number of carbonyl (C=O) groups is 1. The van der Waals surface area contributed by atoms with Crippen molar-refractivity contribution in [3.63, 3.8) is 0 Å². The van der Waals surface area contributed by atoms with Gasteiger partial charge in [0.15, 0.2) is 0 Å². The number of hydrogen-bond donors (Lipinski definition) is 2. The average molecular weight is 280 g/mol. The van der Waals surface area contributed by atoms with Crippen molar-refractivity contribution in [3.05, 3.63) is 11.9 Å². The third kappa shape index (κ3) is 4.08. The van der Waals surface area contributed by atoms with Gasteiger partial charge in [0.1, 0.15) is 23.5 Å². The molecule has 1 unspecified atom stereocenters. The summed E-state index contributed by atoms with van der Waals surface area (Å²) in [4.78, 5) is 20.6. The van der Waals surface area contributed by atoms with Crippen LogP contribution in [-0.2, 0) is 9.53 Å². The van der Waals surface area contributed by atoms with Gasteiger partial charge >= 0.3 is 5.97 Å². The number of esters is 1. The van der Waals surface area contributed by atoms with E-state index in [0.29, 0.717) is 5.82 Å². The fourth-order valence-corrected chi connectivity index (χ4v) is 1.71. The molecule has 0 bridgehead atoms. The van der Waals surface area contributed by atoms with Gasteiger partial charge < -0.3 is 15.4 Å². The highest BCUT2D eigenvalue weighted by atomic mass is 16.5. The number of carbonyl (C=O) groups excluding carboxylic acids is 1. The molecule has 0 aliphatic heterocycles. The Morgan fingerprint density at radius 1 is 1.20 bits per heavy atom. The number of methoxy groups -OCH3 is 1. The lowest BCUT2D eigenvalue weighted by Crippen LogP contribution is -2.36. The molecule has 1 rings (SSSR count). The molecule has 1 aromatic rings. The van der Waals surface area contributed by atoms with Crippen LogP contribution >= 0.6 is 0 Å². The summed E-state index contributed by atoms with van der Waals surface area (Å²) < 4.78 is 4.82. The van der Waals surface area contributed by atoms with Gasteiger partial charge in [-0.1, -0.05) is 27.7 Å². The molecule has 2 N–H and O–H groups in total. The first-order valence-electron chi connectivity index (χ1n) is 6.80. The van der Waals surface area contributed by atoms with Gasteiger partial charge in [-0.15, -0.1) is 0 Å². The van der Waals surface area contributed by atoms with Crippen LogP contribution in [0.4, 0.5) is 11.6 Å². The minimum absolute atomic E-state index is 0.0953. The molecule has 0 aromatic carbocycles. The summed E-state index contributed by atoms with van der Waals surface area (Å²) in [6.45, 7) is 7.97. The van der Waals surface area contributed by atoms with Crippen LogP contribution in [0.5, 0.6) is 0 Å². The Morgan fingerprint density at radius 3 is 2.25 bits per heavy atom. The molecular formula is C14H24N4O2. The molecule has 6 heteroatoms. The van der Waals surface area contributed by atoms with E-state index in [1.807, 2.05) is 27.7 Å². The topological polar surface area (TPSA) is 76.1 Å². The SMILES string of the molecule is CNc1cc(NC(C(=O)OC)C(C)C)nc(C(C)C)n1. The molecular weight excluding hydrogens is 256 g/mol. The maximum Gasteiger partial charge on any atom is 0.328 e. The highest BCUT2D eigenvalue weighted by Crippen LogP contribution is 2.19. The molecule has 0 radical (unpaired) electrons. The van der Waals surface area contributed by atoms with Gasteiger partial charge in [-0.05, 0) is 5.92 Å². The van der Waals surface area contributed by atoms with Gasteiger partial charge in [-0.2, -0.15) is 0 Å². The van der Waals surface area contributed by atoms with Crippen molar-refractivity contribution in [2.75, 3.05) is 24.8 Å². The van der Waals surface area contributed by atoms with E-state index in [0.717, 1.165) is 11.6 Å². The molecule has 6 nitrogen and oxygen atoms in total. The summed E-state index contributed by atoms with van der Waals surface area (Å²) in [5.74, 6) is 2.08. The number of rotatable bonds is 6. The number of nitrogens with zero attached hydrogens (tertiary/aromatic N) is 2. The number of hydrogen-bond acceptors (Lipinski definition) is 6. The minimum atomic E-state index is -0.431. The van der Waals surface area contributed by atoms with E-state index in [9.17, 15) is 4.79 Å². The van der Waals surface area contributed by atoms with Gasteiger partial charge in [0.2, 0.25) is 0 Å². The summed E-state index contributed by atoms with van der Waals surface area (Å²) >= 11 is 0. The third-order valence-corrected chi connectivity index (χ3v) is 2.94. The Hall–Kier alpha value is -1.85. The monoisotopic (exact) mass is 280 g/mol. The second kappa shape index (κ2) is 7.07. The first kappa shape index (κ1) is 16.2. The summed E-state index contributed by atoms with van der Waals surface area (Å²) in [6, 6.07) is 1.35. The summed E-state index contributed by atoms with van der Waals surface area (Å²) in [5, 5.41) is 6.13. The zero-order valence-corrected chi connectivity index (χ0v) is 13.0. The van der Waals surface area contributed by atoms with E-state index in [1.54, 1.807) is 13.1 Å². The van der Waals surface area contributed by atoms with Gasteiger partial charge in [0.25, 0.3) is 0 Å². The molecule has 0 spiro atoms. The molecule has 0 saturated carbocycles. The lowest BCUT2D eigenvalue weighted by molar-refractivity contribution is -0.142. The summed E-state index contributed by atoms with van der Waals surface area (Å²) in [7, 11) is 3.19. The van der Waals surface area contributed by atoms with E-state index in [1.165, 1.54) is 7.11 Å². The van der Waals surface area contributed by atoms with Gasteiger partial charge in [0.05, 0.1) is 7.11 Å². The fourth-order valence-electron chi connectivity index (χ4n) is 1.71. The van der Waals surface area contributed by atoms with Crippen molar-refractivity contribution >= 4 is 17.6 Å². The first-order chi connectivity index (χ1) is 9.38. The zero-order chi connectivity index (χ0) is 15.3. The summed E-state index contributed by atoms with van der Waals surface area (Å²) in [6.07, 6.45) is 0. The Bertz CT molecular complexity index is 460. The predicted octanol–water partition coefficient (Wildman–Crippen LogP) is 2.25. The van der Waals surface area contributed by atoms with Crippen LogP contribution in [0, 0.1) is 5.92 Å². The van der Waals surface area contributed by atoms with Gasteiger partial charge in [0, 0.05) is 19.0 Å². The van der Waals surface area contributed by atoms with Crippen molar-refractivity contribution < 1.29 is 9.53 Å². The highest BCUT2D eigenvalue weighted by Gasteiger charge is 2.23. The summed E-state index contributed by atoms with van der Waals surface area (Å²) in [5.41, 5.74) is 0. The highest BCUT2D eigenvalue weighted by molar-refractivity contribution is 5.79. The molecule has 0 saturated heterocycles. The molecule has 0 aliphatic carbocycles. The molecule has 1 atom stereocenters. The van der Waals surface area contributed by atoms with Crippen molar-refractivity contribution in [1.29, 1.82) is 0 Å². The van der Waals surface area contributed by atoms with Crippen LogP contribution in [-0.4, -0.2) is 36.1 Å². The lowest BCUT2D eigenvalue weighted by atomic mass is 10.0. The molecule has 1 aromatic heterocycles. The molecule has 112 valence electrons. The van der Waals surface area contributed by atoms with Crippen molar-refractivity contribution in [2.24, 2.45) is 5.92 Å². The van der Waals surface area contributed by atoms with E-state index < -0.39 is 6.04 Å². The van der Waals surface area contributed by atoms with Crippen molar-refractivity contribution in [2.45, 2.75) is 39.7 Å². The number of aromatic nitrogens is 2. The normalized spacial score (nSPS) is 12.4. The predicted molar refractivity (Wildman–Crippen MR) is 79.9 cm³/mol. The van der Waals surface area contributed by atoms with Gasteiger partial charge in [-0.25, -0.2) is 14.8 Å². The molecule has 20 heavy (non-hydrogen) atoms. The second-order valence-electron chi connectivity index (χ2n) is 5.29. The van der Waals surface area contributed by atoms with Gasteiger partial charge in [-0.3, -0.25) is 0 Å². The van der Waals surface area contributed by atoms with Crippen molar-refractivity contribution in [1.82, 2.24) is 9.97 Å². The zero-order valence-electron chi connectivity index (χ0n) is 13.0. The van der Waals surface area contributed by atoms with E-state index in [-0.39, 0.29) is 17.8 Å². The number of ether oxygens (including phenoxy) is 1. The Labute approximate surface area is 120 Å². The quantitative estimate of drug-likeness (QED) is 0.778. The van der Waals surface area contributed by atoms with Crippen molar-refractivity contribution in [3.8, 4) is 0 Å². The molecule has 1 heterocycles. The van der Waals surface area contributed by atoms with E-state index in [4.69, 9.17) is 4.74 Å². The van der Waals surface area contributed by atoms with Crippen LogP contribution in [0.2, 0.25) is 0 Å². The van der Waals surface area contributed by atoms with Crippen LogP contribution in [0.15, 0.2) is 6.07 Å². The maximum atomic E-state index is 11.8. The minimum Gasteiger partial charge on any atom is -0.467 e. The standard InChI is InChI=1S/C14H24N4O2/c1-8(2)12(14(19)20-6)16-11-7-10(15-5)17-13(18-11)9(3)4/h7-9,12H,1-6H3,(H2,15,16,17,18). The number of nitrogens with one attached hydrogen (secondary N) is 2. The second-order valence-corrected chi connectivity index (χ2v) is 5.29. The fraction of sp³-hybridized carbons (Fsp3) is 0.643. The Morgan fingerprint density at radius 2 is 1.80 bits per heavy atom. The largest absolute Gasteiger partial charge is 0.467 e. The first-order valence-corrected chi connectivity index (χ1v) is 6.80. The number of anilines is 2. The molecule has 0 fully saturated rings. The maximum absolute atomic E-state index is 11.8. The van der Waals surface area contributed by atoms with E-state index in [2.05, 4.69) is 20.6 Å². The van der Waals surface area contributed by atoms with Crippen LogP contribution in [0.1, 0.15) is 39.4 Å². The smallest absolute Gasteiger partial charge is 0.328 e. The third-order valence-electron chi connectivity index (χ3n) is 2.94. The molecule has 0 amide bonds. The Kier molecular flexibility index (Phi) is 5.73. The average Bonchev–Trinajstić information content (AvgIpc) is 2.43.